The van der Waals surface area contributed by atoms with Crippen molar-refractivity contribution in [2.24, 2.45) is 0 Å². The van der Waals surface area contributed by atoms with E-state index in [1.165, 1.54) is 0 Å². The molecule has 0 atom stereocenters. The first kappa shape index (κ1) is 8.43. The van der Waals surface area contributed by atoms with Gasteiger partial charge < -0.3 is 0 Å². The lowest BCUT2D eigenvalue weighted by Gasteiger charge is -1.98. The number of hydrogen-bond acceptors (Lipinski definition) is 3. The van der Waals surface area contributed by atoms with Crippen LogP contribution >= 0.6 is 23.2 Å². The molecule has 0 bridgehead atoms. The Hall–Kier alpha value is -0.670. The third-order valence-corrected chi connectivity index (χ3v) is 1.66. The summed E-state index contributed by atoms with van der Waals surface area (Å²) in [5, 5.41) is 0.190. The molecule has 1 aromatic heterocycles. The SMILES string of the molecule is Cc1nc(Cl)c(C=O)c(Cl)n1. The molecule has 0 unspecified atom stereocenters. The van der Waals surface area contributed by atoms with Crippen LogP contribution in [-0.4, -0.2) is 16.3 Å². The quantitative estimate of drug-likeness (QED) is 0.502. The highest BCUT2D eigenvalue weighted by Crippen LogP contribution is 2.18. The molecule has 0 aromatic carbocycles. The van der Waals surface area contributed by atoms with Gasteiger partial charge in [0.2, 0.25) is 0 Å². The zero-order valence-corrected chi connectivity index (χ0v) is 7.15. The van der Waals surface area contributed by atoms with Crippen molar-refractivity contribution in [2.75, 3.05) is 0 Å². The van der Waals surface area contributed by atoms with Gasteiger partial charge in [0.1, 0.15) is 16.1 Å². The molecule has 58 valence electrons. The minimum atomic E-state index is 0.0949. The van der Waals surface area contributed by atoms with Crippen molar-refractivity contribution in [1.82, 2.24) is 9.97 Å². The van der Waals surface area contributed by atoms with Gasteiger partial charge in [-0.25, -0.2) is 9.97 Å². The van der Waals surface area contributed by atoms with Crippen LogP contribution in [0.5, 0.6) is 0 Å². The van der Waals surface area contributed by atoms with E-state index in [9.17, 15) is 4.79 Å². The Bertz CT molecular complexity index is 278. The number of carbonyl (C=O) groups is 1. The Morgan fingerprint density at radius 3 is 2.09 bits per heavy atom. The first-order valence-corrected chi connectivity index (χ1v) is 3.55. The van der Waals surface area contributed by atoms with Crippen LogP contribution in [0.4, 0.5) is 0 Å². The maximum Gasteiger partial charge on any atom is 0.156 e. The summed E-state index contributed by atoms with van der Waals surface area (Å²) < 4.78 is 0. The number of aryl methyl sites for hydroxylation is 1. The van der Waals surface area contributed by atoms with Crippen molar-refractivity contribution in [3.8, 4) is 0 Å². The molecule has 1 aromatic rings. The molecule has 0 radical (unpaired) electrons. The predicted octanol–water partition coefficient (Wildman–Crippen LogP) is 1.90. The predicted molar refractivity (Wildman–Crippen MR) is 42.2 cm³/mol. The van der Waals surface area contributed by atoms with Gasteiger partial charge in [-0.15, -0.1) is 0 Å². The average Bonchev–Trinajstić information content (AvgIpc) is 1.85. The fourth-order valence-corrected chi connectivity index (χ4v) is 1.17. The molecule has 0 aliphatic rings. The molecule has 0 amide bonds. The van der Waals surface area contributed by atoms with E-state index in [1.54, 1.807) is 6.92 Å². The monoisotopic (exact) mass is 190 g/mol. The highest BCUT2D eigenvalue weighted by Gasteiger charge is 2.07. The normalized spacial score (nSPS) is 9.73. The van der Waals surface area contributed by atoms with Crippen LogP contribution in [0, 0.1) is 6.92 Å². The number of halogens is 2. The molecule has 0 spiro atoms. The smallest absolute Gasteiger partial charge is 0.156 e. The standard InChI is InChI=1S/C6H4Cl2N2O/c1-3-9-5(7)4(2-11)6(8)10-3/h2H,1H3. The van der Waals surface area contributed by atoms with E-state index < -0.39 is 0 Å². The molecule has 0 saturated heterocycles. The minimum absolute atomic E-state index is 0.0949. The maximum atomic E-state index is 10.3. The van der Waals surface area contributed by atoms with Crippen molar-refractivity contribution in [3.63, 3.8) is 0 Å². The van der Waals surface area contributed by atoms with Crippen molar-refractivity contribution in [2.45, 2.75) is 6.92 Å². The van der Waals surface area contributed by atoms with Crippen LogP contribution in [0.1, 0.15) is 16.2 Å². The van der Waals surface area contributed by atoms with Crippen LogP contribution in [0.2, 0.25) is 10.3 Å². The Balaban J connectivity index is 3.36. The molecular weight excluding hydrogens is 187 g/mol. The average molecular weight is 191 g/mol. The topological polar surface area (TPSA) is 42.9 Å². The van der Waals surface area contributed by atoms with Crippen LogP contribution in [0.15, 0.2) is 0 Å². The van der Waals surface area contributed by atoms with Gasteiger partial charge in [-0.1, -0.05) is 23.2 Å². The first-order valence-electron chi connectivity index (χ1n) is 2.80. The molecule has 0 aliphatic heterocycles. The second-order valence-corrected chi connectivity index (χ2v) is 2.60. The molecule has 0 aliphatic carbocycles. The van der Waals surface area contributed by atoms with Crippen LogP contribution in [0.3, 0.4) is 0 Å². The number of rotatable bonds is 1. The molecule has 3 nitrogen and oxygen atoms in total. The highest BCUT2D eigenvalue weighted by molar-refractivity contribution is 6.36. The van der Waals surface area contributed by atoms with Gasteiger partial charge in [0.05, 0.1) is 5.56 Å². The van der Waals surface area contributed by atoms with Crippen molar-refractivity contribution < 1.29 is 4.79 Å². The first-order chi connectivity index (χ1) is 5.15. The van der Waals surface area contributed by atoms with Gasteiger partial charge in [0.25, 0.3) is 0 Å². The van der Waals surface area contributed by atoms with Crippen molar-refractivity contribution in [3.05, 3.63) is 21.7 Å². The van der Waals surface area contributed by atoms with Gasteiger partial charge in [0.15, 0.2) is 6.29 Å². The lowest BCUT2D eigenvalue weighted by molar-refractivity contribution is 0.112. The van der Waals surface area contributed by atoms with E-state index >= 15 is 0 Å². The lowest BCUT2D eigenvalue weighted by Crippen LogP contribution is -1.95. The van der Waals surface area contributed by atoms with Crippen molar-refractivity contribution >= 4 is 29.5 Å². The van der Waals surface area contributed by atoms with Gasteiger partial charge in [0, 0.05) is 0 Å². The molecule has 1 heterocycles. The largest absolute Gasteiger partial charge is 0.298 e. The van der Waals surface area contributed by atoms with E-state index in [2.05, 4.69) is 9.97 Å². The lowest BCUT2D eigenvalue weighted by atomic mass is 10.4. The summed E-state index contributed by atoms with van der Waals surface area (Å²) in [5.74, 6) is 0.450. The zero-order valence-electron chi connectivity index (χ0n) is 5.64. The summed E-state index contributed by atoms with van der Waals surface area (Å²) in [6.07, 6.45) is 0.532. The highest BCUT2D eigenvalue weighted by atomic mass is 35.5. The van der Waals surface area contributed by atoms with Gasteiger partial charge in [-0.2, -0.15) is 0 Å². The summed E-state index contributed by atoms with van der Waals surface area (Å²) in [4.78, 5) is 17.8. The summed E-state index contributed by atoms with van der Waals surface area (Å²) in [6, 6.07) is 0. The van der Waals surface area contributed by atoms with Gasteiger partial charge in [-0.05, 0) is 6.92 Å². The minimum Gasteiger partial charge on any atom is -0.298 e. The van der Waals surface area contributed by atoms with E-state index in [0.717, 1.165) is 0 Å². The second kappa shape index (κ2) is 3.15. The Kier molecular flexibility index (Phi) is 2.42. The second-order valence-electron chi connectivity index (χ2n) is 1.88. The number of aldehydes is 1. The molecule has 0 fully saturated rings. The Labute approximate surface area is 73.4 Å². The fourth-order valence-electron chi connectivity index (χ4n) is 0.612. The molecule has 5 heteroatoms. The van der Waals surface area contributed by atoms with Crippen LogP contribution in [-0.2, 0) is 0 Å². The van der Waals surface area contributed by atoms with Crippen LogP contribution in [0.25, 0.3) is 0 Å². The fraction of sp³-hybridized carbons (Fsp3) is 0.167. The summed E-state index contributed by atoms with van der Waals surface area (Å²) in [7, 11) is 0. The van der Waals surface area contributed by atoms with Crippen molar-refractivity contribution in [1.29, 1.82) is 0 Å². The van der Waals surface area contributed by atoms with E-state index in [-0.39, 0.29) is 15.9 Å². The van der Waals surface area contributed by atoms with Crippen LogP contribution < -0.4 is 0 Å². The number of hydrogen-bond donors (Lipinski definition) is 0. The Morgan fingerprint density at radius 2 is 1.73 bits per heavy atom. The maximum absolute atomic E-state index is 10.3. The Morgan fingerprint density at radius 1 is 1.27 bits per heavy atom. The molecule has 0 N–H and O–H groups in total. The number of nitrogens with zero attached hydrogens (tertiary/aromatic N) is 2. The molecule has 0 saturated carbocycles. The van der Waals surface area contributed by atoms with E-state index in [4.69, 9.17) is 23.2 Å². The molecular formula is C6H4Cl2N2O. The summed E-state index contributed by atoms with van der Waals surface area (Å²) in [5.41, 5.74) is 0.138. The third kappa shape index (κ3) is 1.67. The van der Waals surface area contributed by atoms with Gasteiger partial charge >= 0.3 is 0 Å². The van der Waals surface area contributed by atoms with E-state index in [1.807, 2.05) is 0 Å². The summed E-state index contributed by atoms with van der Waals surface area (Å²) in [6.45, 7) is 1.65. The number of aromatic nitrogens is 2. The molecule has 1 rings (SSSR count). The third-order valence-electron chi connectivity index (χ3n) is 1.08. The number of carbonyl (C=O) groups excluding carboxylic acids is 1. The zero-order chi connectivity index (χ0) is 8.43. The summed E-state index contributed by atoms with van der Waals surface area (Å²) >= 11 is 11.1. The van der Waals surface area contributed by atoms with Gasteiger partial charge in [-0.3, -0.25) is 4.79 Å². The molecule has 11 heavy (non-hydrogen) atoms. The van der Waals surface area contributed by atoms with E-state index in [0.29, 0.717) is 12.1 Å².